The zero-order valence-corrected chi connectivity index (χ0v) is 8.69. The smallest absolute Gasteiger partial charge is 0.165 e. The van der Waals surface area contributed by atoms with Crippen molar-refractivity contribution in [3.8, 4) is 5.75 Å². The summed E-state index contributed by atoms with van der Waals surface area (Å²) >= 11 is 0. The summed E-state index contributed by atoms with van der Waals surface area (Å²) in [5.41, 5.74) is 7.03. The molecule has 0 saturated carbocycles. The van der Waals surface area contributed by atoms with E-state index in [1.807, 2.05) is 30.3 Å². The molecule has 0 aliphatic carbocycles. The predicted octanol–water partition coefficient (Wildman–Crippen LogP) is 2.99. The van der Waals surface area contributed by atoms with E-state index in [0.717, 1.165) is 5.56 Å². The number of ether oxygens (including phenoxy) is 1. The van der Waals surface area contributed by atoms with Gasteiger partial charge < -0.3 is 10.5 Å². The lowest BCUT2D eigenvalue weighted by molar-refractivity contribution is 0.290. The van der Waals surface area contributed by atoms with E-state index in [9.17, 15) is 4.39 Å². The lowest BCUT2D eigenvalue weighted by atomic mass is 10.2. The second kappa shape index (κ2) is 4.66. The Morgan fingerprint density at radius 1 is 1.06 bits per heavy atom. The van der Waals surface area contributed by atoms with E-state index in [1.54, 1.807) is 0 Å². The van der Waals surface area contributed by atoms with E-state index in [1.165, 1.54) is 18.2 Å². The molecule has 0 heterocycles. The lowest BCUT2D eigenvalue weighted by Crippen LogP contribution is -1.98. The summed E-state index contributed by atoms with van der Waals surface area (Å²) in [6.07, 6.45) is 0. The van der Waals surface area contributed by atoms with Gasteiger partial charge in [0.05, 0.1) is 0 Å². The molecular formula is C13H12FNO. The van der Waals surface area contributed by atoms with Gasteiger partial charge in [-0.3, -0.25) is 0 Å². The monoisotopic (exact) mass is 217 g/mol. The average molecular weight is 217 g/mol. The van der Waals surface area contributed by atoms with E-state index < -0.39 is 5.82 Å². The molecule has 0 radical (unpaired) electrons. The van der Waals surface area contributed by atoms with Crippen LogP contribution in [-0.2, 0) is 6.61 Å². The standard InChI is InChI=1S/C13H12FNO/c14-12-7-6-11(15)8-13(12)16-9-10-4-2-1-3-5-10/h1-8H,9,15H2. The van der Waals surface area contributed by atoms with Crippen LogP contribution in [0.2, 0.25) is 0 Å². The molecule has 0 fully saturated rings. The Bertz CT molecular complexity index is 471. The third kappa shape index (κ3) is 2.51. The molecule has 16 heavy (non-hydrogen) atoms. The van der Waals surface area contributed by atoms with Gasteiger partial charge in [0.15, 0.2) is 11.6 Å². The second-order valence-electron chi connectivity index (χ2n) is 3.46. The minimum atomic E-state index is -0.398. The number of halogens is 1. The summed E-state index contributed by atoms with van der Waals surface area (Å²) in [4.78, 5) is 0. The van der Waals surface area contributed by atoms with Gasteiger partial charge in [-0.05, 0) is 17.7 Å². The summed E-state index contributed by atoms with van der Waals surface area (Å²) in [6, 6.07) is 13.9. The van der Waals surface area contributed by atoms with Crippen molar-refractivity contribution in [3.63, 3.8) is 0 Å². The maximum atomic E-state index is 13.3. The molecule has 2 aromatic rings. The van der Waals surface area contributed by atoms with E-state index in [2.05, 4.69) is 0 Å². The fraction of sp³-hybridized carbons (Fsp3) is 0.0769. The first-order chi connectivity index (χ1) is 7.75. The van der Waals surface area contributed by atoms with Crippen LogP contribution in [0.4, 0.5) is 10.1 Å². The van der Waals surface area contributed by atoms with Crippen LogP contribution in [0.15, 0.2) is 48.5 Å². The third-order valence-electron chi connectivity index (χ3n) is 2.19. The van der Waals surface area contributed by atoms with Crippen molar-refractivity contribution < 1.29 is 9.13 Å². The molecule has 2 nitrogen and oxygen atoms in total. The Balaban J connectivity index is 2.08. The molecule has 0 unspecified atom stereocenters. The fourth-order valence-corrected chi connectivity index (χ4v) is 1.37. The highest BCUT2D eigenvalue weighted by atomic mass is 19.1. The van der Waals surface area contributed by atoms with Crippen LogP contribution in [-0.4, -0.2) is 0 Å². The molecule has 2 rings (SSSR count). The van der Waals surface area contributed by atoms with Gasteiger partial charge in [-0.1, -0.05) is 30.3 Å². The van der Waals surface area contributed by atoms with Gasteiger partial charge in [0.1, 0.15) is 6.61 Å². The molecule has 3 heteroatoms. The van der Waals surface area contributed by atoms with Crippen molar-refractivity contribution in [3.05, 3.63) is 59.9 Å². The van der Waals surface area contributed by atoms with Crippen molar-refractivity contribution in [2.75, 3.05) is 5.73 Å². The zero-order valence-electron chi connectivity index (χ0n) is 8.69. The maximum Gasteiger partial charge on any atom is 0.165 e. The van der Waals surface area contributed by atoms with Crippen molar-refractivity contribution in [2.24, 2.45) is 0 Å². The summed E-state index contributed by atoms with van der Waals surface area (Å²) in [5, 5.41) is 0. The average Bonchev–Trinajstić information content (AvgIpc) is 2.32. The summed E-state index contributed by atoms with van der Waals surface area (Å²) in [6.45, 7) is 0.335. The Hall–Kier alpha value is -2.03. The van der Waals surface area contributed by atoms with Gasteiger partial charge >= 0.3 is 0 Å². The van der Waals surface area contributed by atoms with E-state index in [4.69, 9.17) is 10.5 Å². The number of hydrogen-bond acceptors (Lipinski definition) is 2. The molecule has 2 aromatic carbocycles. The number of anilines is 1. The van der Waals surface area contributed by atoms with Gasteiger partial charge in [-0.2, -0.15) is 0 Å². The second-order valence-corrected chi connectivity index (χ2v) is 3.46. The van der Waals surface area contributed by atoms with E-state index in [0.29, 0.717) is 12.3 Å². The van der Waals surface area contributed by atoms with Crippen molar-refractivity contribution in [1.82, 2.24) is 0 Å². The SMILES string of the molecule is Nc1ccc(F)c(OCc2ccccc2)c1. The quantitative estimate of drug-likeness (QED) is 0.802. The van der Waals surface area contributed by atoms with Crippen molar-refractivity contribution in [2.45, 2.75) is 6.61 Å². The van der Waals surface area contributed by atoms with Crippen LogP contribution in [0.3, 0.4) is 0 Å². The number of hydrogen-bond donors (Lipinski definition) is 1. The third-order valence-corrected chi connectivity index (χ3v) is 2.19. The van der Waals surface area contributed by atoms with Gasteiger partial charge in [-0.15, -0.1) is 0 Å². The van der Waals surface area contributed by atoms with Gasteiger partial charge in [0, 0.05) is 11.8 Å². The van der Waals surface area contributed by atoms with E-state index in [-0.39, 0.29) is 5.75 Å². The highest BCUT2D eigenvalue weighted by molar-refractivity contribution is 5.44. The molecule has 0 saturated heterocycles. The van der Waals surface area contributed by atoms with Gasteiger partial charge in [-0.25, -0.2) is 4.39 Å². The predicted molar refractivity (Wildman–Crippen MR) is 61.6 cm³/mol. The Kier molecular flexibility index (Phi) is 3.05. The Morgan fingerprint density at radius 2 is 1.81 bits per heavy atom. The zero-order chi connectivity index (χ0) is 11.4. The topological polar surface area (TPSA) is 35.2 Å². The van der Waals surface area contributed by atoms with Gasteiger partial charge in [0.2, 0.25) is 0 Å². The molecule has 0 aliphatic rings. The summed E-state index contributed by atoms with van der Waals surface area (Å²) in [7, 11) is 0. The lowest BCUT2D eigenvalue weighted by Gasteiger charge is -2.07. The summed E-state index contributed by atoms with van der Waals surface area (Å²) < 4.78 is 18.6. The fourth-order valence-electron chi connectivity index (χ4n) is 1.37. The molecule has 0 amide bonds. The first-order valence-electron chi connectivity index (χ1n) is 4.97. The highest BCUT2D eigenvalue weighted by Gasteiger charge is 2.03. The molecule has 82 valence electrons. The molecule has 0 aromatic heterocycles. The van der Waals surface area contributed by atoms with Crippen LogP contribution in [0.25, 0.3) is 0 Å². The Labute approximate surface area is 93.5 Å². The van der Waals surface area contributed by atoms with Crippen LogP contribution < -0.4 is 10.5 Å². The Morgan fingerprint density at radius 3 is 2.56 bits per heavy atom. The molecule has 0 atom stereocenters. The number of nitrogen functional groups attached to an aromatic ring is 1. The van der Waals surface area contributed by atoms with Crippen LogP contribution in [0, 0.1) is 5.82 Å². The first-order valence-corrected chi connectivity index (χ1v) is 4.97. The number of nitrogens with two attached hydrogens (primary N) is 1. The molecule has 2 N–H and O–H groups in total. The summed E-state index contributed by atoms with van der Waals surface area (Å²) in [5.74, 6) is -0.214. The maximum absolute atomic E-state index is 13.3. The molecular weight excluding hydrogens is 205 g/mol. The number of benzene rings is 2. The molecule has 0 aliphatic heterocycles. The van der Waals surface area contributed by atoms with Crippen LogP contribution >= 0.6 is 0 Å². The van der Waals surface area contributed by atoms with Crippen LogP contribution in [0.1, 0.15) is 5.56 Å². The normalized spacial score (nSPS) is 10.1. The highest BCUT2D eigenvalue weighted by Crippen LogP contribution is 2.21. The van der Waals surface area contributed by atoms with Crippen LogP contribution in [0.5, 0.6) is 5.75 Å². The molecule has 0 bridgehead atoms. The minimum Gasteiger partial charge on any atom is -0.486 e. The number of rotatable bonds is 3. The van der Waals surface area contributed by atoms with Gasteiger partial charge in [0.25, 0.3) is 0 Å². The first kappa shape index (κ1) is 10.5. The minimum absolute atomic E-state index is 0.184. The van der Waals surface area contributed by atoms with Crippen molar-refractivity contribution >= 4 is 5.69 Å². The van der Waals surface area contributed by atoms with E-state index >= 15 is 0 Å². The largest absolute Gasteiger partial charge is 0.486 e. The van der Waals surface area contributed by atoms with Crippen molar-refractivity contribution in [1.29, 1.82) is 0 Å². The molecule has 0 spiro atoms.